The largest absolute Gasteiger partial charge is 0.478 e. The van der Waals surface area contributed by atoms with Gasteiger partial charge in [0.2, 0.25) is 0 Å². The molecule has 0 aliphatic carbocycles. The van der Waals surface area contributed by atoms with Gasteiger partial charge in [0, 0.05) is 18.1 Å². The maximum absolute atomic E-state index is 12.1. The number of halogens is 1. The molecule has 0 aliphatic rings. The van der Waals surface area contributed by atoms with Crippen LogP contribution in [0.3, 0.4) is 0 Å². The minimum absolute atomic E-state index is 0.102. The van der Waals surface area contributed by atoms with Crippen molar-refractivity contribution in [3.63, 3.8) is 0 Å². The van der Waals surface area contributed by atoms with Crippen LogP contribution in [0.5, 0.6) is 0 Å². The molecule has 0 saturated heterocycles. The van der Waals surface area contributed by atoms with Crippen molar-refractivity contribution in [3.8, 4) is 0 Å². The molecule has 1 heterocycles. The number of hydrogen-bond acceptors (Lipinski definition) is 3. The molecule has 2 amide bonds. The summed E-state index contributed by atoms with van der Waals surface area (Å²) in [6.07, 6.45) is 0. The Hall–Kier alpha value is -1.86. The van der Waals surface area contributed by atoms with Crippen LogP contribution in [0, 0.1) is 0 Å². The predicted octanol–water partition coefficient (Wildman–Crippen LogP) is 3.87. The first-order valence-corrected chi connectivity index (χ1v) is 7.72. The molecule has 0 spiro atoms. The van der Waals surface area contributed by atoms with E-state index in [0.29, 0.717) is 11.5 Å². The number of urea groups is 1. The standard InChI is InChI=1S/C14H13BrN2O3S/c1-17(8-9-2-4-10(15)5-3-9)14(20)16-12-11(13(18)19)6-7-21-12/h2-7H,8H2,1H3,(H,16,20)(H,18,19). The van der Waals surface area contributed by atoms with Crippen LogP contribution in [0.15, 0.2) is 40.2 Å². The molecule has 0 radical (unpaired) electrons. The van der Waals surface area contributed by atoms with E-state index in [0.717, 1.165) is 10.0 Å². The Kier molecular flexibility index (Phi) is 4.98. The molecular formula is C14H13BrN2O3S. The van der Waals surface area contributed by atoms with Crippen LogP contribution >= 0.6 is 27.3 Å². The fraction of sp³-hybridized carbons (Fsp3) is 0.143. The molecule has 5 nitrogen and oxygen atoms in total. The highest BCUT2D eigenvalue weighted by Gasteiger charge is 2.16. The number of hydrogen-bond donors (Lipinski definition) is 2. The molecule has 0 bridgehead atoms. The third-order valence-electron chi connectivity index (χ3n) is 2.80. The van der Waals surface area contributed by atoms with E-state index in [1.807, 2.05) is 24.3 Å². The van der Waals surface area contributed by atoms with Gasteiger partial charge >= 0.3 is 12.0 Å². The number of benzene rings is 1. The number of amides is 2. The minimum Gasteiger partial charge on any atom is -0.478 e. The average molecular weight is 369 g/mol. The third-order valence-corrected chi connectivity index (χ3v) is 4.15. The van der Waals surface area contributed by atoms with Crippen molar-refractivity contribution in [1.29, 1.82) is 0 Å². The smallest absolute Gasteiger partial charge is 0.338 e. The lowest BCUT2D eigenvalue weighted by atomic mass is 10.2. The van der Waals surface area contributed by atoms with E-state index in [4.69, 9.17) is 5.11 Å². The molecule has 2 rings (SSSR count). The number of carbonyl (C=O) groups excluding carboxylic acids is 1. The topological polar surface area (TPSA) is 69.6 Å². The van der Waals surface area contributed by atoms with Crippen molar-refractivity contribution >= 4 is 44.3 Å². The van der Waals surface area contributed by atoms with E-state index in [2.05, 4.69) is 21.2 Å². The SMILES string of the molecule is CN(Cc1ccc(Br)cc1)C(=O)Nc1sccc1C(=O)O. The fourth-order valence-electron chi connectivity index (χ4n) is 1.70. The van der Waals surface area contributed by atoms with Gasteiger partial charge in [0.05, 0.1) is 5.56 Å². The monoisotopic (exact) mass is 368 g/mol. The van der Waals surface area contributed by atoms with Crippen molar-refractivity contribution < 1.29 is 14.7 Å². The molecule has 2 N–H and O–H groups in total. The number of nitrogens with zero attached hydrogens (tertiary/aromatic N) is 1. The molecule has 1 aromatic heterocycles. The van der Waals surface area contributed by atoms with Gasteiger partial charge in [-0.3, -0.25) is 5.32 Å². The molecule has 21 heavy (non-hydrogen) atoms. The van der Waals surface area contributed by atoms with E-state index in [9.17, 15) is 9.59 Å². The number of carbonyl (C=O) groups is 2. The summed E-state index contributed by atoms with van der Waals surface area (Å²) >= 11 is 4.54. The van der Waals surface area contributed by atoms with Gasteiger partial charge in [-0.25, -0.2) is 9.59 Å². The van der Waals surface area contributed by atoms with Gasteiger partial charge in [-0.15, -0.1) is 11.3 Å². The van der Waals surface area contributed by atoms with Crippen molar-refractivity contribution in [2.45, 2.75) is 6.54 Å². The number of carboxylic acid groups (broad SMARTS) is 1. The number of carboxylic acids is 1. The first-order chi connectivity index (χ1) is 9.97. The van der Waals surface area contributed by atoms with E-state index >= 15 is 0 Å². The second kappa shape index (κ2) is 6.73. The number of thiophene rings is 1. The predicted molar refractivity (Wildman–Crippen MR) is 85.9 cm³/mol. The first kappa shape index (κ1) is 15.5. The number of aromatic carboxylic acids is 1. The van der Waals surface area contributed by atoms with Gasteiger partial charge < -0.3 is 10.0 Å². The Bertz CT molecular complexity index is 654. The molecule has 0 fully saturated rings. The lowest BCUT2D eigenvalue weighted by Gasteiger charge is -2.17. The summed E-state index contributed by atoms with van der Waals surface area (Å²) in [5.41, 5.74) is 1.09. The van der Waals surface area contributed by atoms with Crippen LogP contribution in [0.4, 0.5) is 9.80 Å². The molecule has 0 saturated carbocycles. The number of nitrogens with one attached hydrogen (secondary N) is 1. The Morgan fingerprint density at radius 3 is 2.57 bits per heavy atom. The van der Waals surface area contributed by atoms with Crippen LogP contribution in [-0.2, 0) is 6.54 Å². The van der Waals surface area contributed by atoms with Crippen LogP contribution < -0.4 is 5.32 Å². The fourth-order valence-corrected chi connectivity index (χ4v) is 2.74. The summed E-state index contributed by atoms with van der Waals surface area (Å²) in [4.78, 5) is 24.6. The van der Waals surface area contributed by atoms with Crippen molar-refractivity contribution in [2.75, 3.05) is 12.4 Å². The zero-order chi connectivity index (χ0) is 15.4. The second-order valence-electron chi connectivity index (χ2n) is 4.38. The lowest BCUT2D eigenvalue weighted by molar-refractivity contribution is 0.0698. The maximum atomic E-state index is 12.1. The van der Waals surface area contributed by atoms with E-state index < -0.39 is 5.97 Å². The molecule has 0 aliphatic heterocycles. The van der Waals surface area contributed by atoms with Crippen LogP contribution in [-0.4, -0.2) is 29.1 Å². The summed E-state index contributed by atoms with van der Waals surface area (Å²) in [5, 5.41) is 13.6. The lowest BCUT2D eigenvalue weighted by Crippen LogP contribution is -2.31. The highest BCUT2D eigenvalue weighted by atomic mass is 79.9. The number of rotatable bonds is 4. The average Bonchev–Trinajstić information content (AvgIpc) is 2.89. The van der Waals surface area contributed by atoms with E-state index in [1.165, 1.54) is 22.3 Å². The zero-order valence-electron chi connectivity index (χ0n) is 11.2. The van der Waals surface area contributed by atoms with Crippen LogP contribution in [0.25, 0.3) is 0 Å². The number of anilines is 1. The molecule has 1 aromatic carbocycles. The Balaban J connectivity index is 2.01. The molecule has 7 heteroatoms. The molecular weight excluding hydrogens is 356 g/mol. The van der Waals surface area contributed by atoms with E-state index in [1.54, 1.807) is 12.4 Å². The van der Waals surface area contributed by atoms with Crippen molar-refractivity contribution in [3.05, 3.63) is 51.3 Å². The van der Waals surface area contributed by atoms with Gasteiger partial charge in [0.25, 0.3) is 0 Å². The molecule has 2 aromatic rings. The Morgan fingerprint density at radius 2 is 1.95 bits per heavy atom. The second-order valence-corrected chi connectivity index (χ2v) is 6.21. The zero-order valence-corrected chi connectivity index (χ0v) is 13.6. The summed E-state index contributed by atoms with van der Waals surface area (Å²) in [5.74, 6) is -1.05. The Labute approximate surface area is 134 Å². The van der Waals surface area contributed by atoms with Crippen LogP contribution in [0.1, 0.15) is 15.9 Å². The Morgan fingerprint density at radius 1 is 1.29 bits per heavy atom. The molecule has 0 unspecified atom stereocenters. The van der Waals surface area contributed by atoms with Gasteiger partial charge in [-0.1, -0.05) is 28.1 Å². The molecule has 0 atom stereocenters. The van der Waals surface area contributed by atoms with Gasteiger partial charge in [-0.2, -0.15) is 0 Å². The van der Waals surface area contributed by atoms with Crippen molar-refractivity contribution in [1.82, 2.24) is 4.90 Å². The van der Waals surface area contributed by atoms with Gasteiger partial charge in [-0.05, 0) is 29.1 Å². The summed E-state index contributed by atoms with van der Waals surface area (Å²) in [6, 6.07) is 8.77. The summed E-state index contributed by atoms with van der Waals surface area (Å²) in [7, 11) is 1.66. The van der Waals surface area contributed by atoms with Gasteiger partial charge in [0.15, 0.2) is 0 Å². The minimum atomic E-state index is -1.05. The summed E-state index contributed by atoms with van der Waals surface area (Å²) < 4.78 is 0.975. The van der Waals surface area contributed by atoms with Crippen molar-refractivity contribution in [2.24, 2.45) is 0 Å². The maximum Gasteiger partial charge on any atom is 0.338 e. The highest BCUT2D eigenvalue weighted by molar-refractivity contribution is 9.10. The molecule has 110 valence electrons. The van der Waals surface area contributed by atoms with Crippen LogP contribution in [0.2, 0.25) is 0 Å². The first-order valence-electron chi connectivity index (χ1n) is 6.04. The van der Waals surface area contributed by atoms with E-state index in [-0.39, 0.29) is 11.6 Å². The normalized spacial score (nSPS) is 10.2. The summed E-state index contributed by atoms with van der Waals surface area (Å²) in [6.45, 7) is 0.437. The quantitative estimate of drug-likeness (QED) is 0.860. The van der Waals surface area contributed by atoms with Gasteiger partial charge in [0.1, 0.15) is 5.00 Å². The highest BCUT2D eigenvalue weighted by Crippen LogP contribution is 2.23. The third kappa shape index (κ3) is 4.05.